The molecule has 1 heterocycles. The lowest BCUT2D eigenvalue weighted by Gasteiger charge is -2.08. The number of halogens is 1. The maximum absolute atomic E-state index is 11.6. The van der Waals surface area contributed by atoms with Crippen molar-refractivity contribution in [1.82, 2.24) is 5.32 Å². The summed E-state index contributed by atoms with van der Waals surface area (Å²) in [6, 6.07) is 7.51. The van der Waals surface area contributed by atoms with Gasteiger partial charge >= 0.3 is 0 Å². The number of anilines is 1. The summed E-state index contributed by atoms with van der Waals surface area (Å²) in [5.41, 5.74) is 0.233. The molecule has 0 saturated carbocycles. The molecule has 0 saturated heterocycles. The summed E-state index contributed by atoms with van der Waals surface area (Å²) in [6.07, 6.45) is 1.41. The van der Waals surface area contributed by atoms with Crippen molar-refractivity contribution in [2.75, 3.05) is 18.4 Å². The fourth-order valence-electron chi connectivity index (χ4n) is 1.67. The van der Waals surface area contributed by atoms with Crippen LogP contribution in [0, 0.1) is 10.1 Å². The molecule has 21 heavy (non-hydrogen) atoms. The number of carbonyl (C=O) groups is 1. The van der Waals surface area contributed by atoms with Crippen molar-refractivity contribution < 1.29 is 14.1 Å². The maximum atomic E-state index is 11.6. The van der Waals surface area contributed by atoms with Crippen LogP contribution in [0.5, 0.6) is 0 Å². The second-order valence-corrected chi connectivity index (χ2v) is 4.51. The second-order valence-electron chi connectivity index (χ2n) is 4.08. The van der Waals surface area contributed by atoms with Crippen molar-refractivity contribution in [2.24, 2.45) is 0 Å². The number of furan rings is 1. The Balaban J connectivity index is 1.86. The van der Waals surface area contributed by atoms with E-state index in [0.29, 0.717) is 23.8 Å². The van der Waals surface area contributed by atoms with Crippen molar-refractivity contribution >= 4 is 28.9 Å². The quantitative estimate of drug-likeness (QED) is 0.485. The van der Waals surface area contributed by atoms with Crippen molar-refractivity contribution in [3.05, 3.63) is 57.5 Å². The number of carbonyl (C=O) groups excluding carboxylic acids is 1. The predicted octanol–water partition coefficient (Wildman–Crippen LogP) is 2.68. The maximum Gasteiger partial charge on any atom is 0.293 e. The number of hydrogen-bond donors (Lipinski definition) is 2. The second kappa shape index (κ2) is 6.76. The Labute approximate surface area is 125 Å². The molecule has 0 atom stereocenters. The van der Waals surface area contributed by atoms with Gasteiger partial charge in [-0.05, 0) is 24.3 Å². The highest BCUT2D eigenvalue weighted by Gasteiger charge is 2.14. The number of benzene rings is 1. The summed E-state index contributed by atoms with van der Waals surface area (Å²) in [4.78, 5) is 22.0. The van der Waals surface area contributed by atoms with Gasteiger partial charge in [0.2, 0.25) is 0 Å². The number of nitrogens with zero attached hydrogens (tertiary/aromatic N) is 1. The predicted molar refractivity (Wildman–Crippen MR) is 77.6 cm³/mol. The van der Waals surface area contributed by atoms with Crippen LogP contribution < -0.4 is 10.6 Å². The van der Waals surface area contributed by atoms with E-state index in [2.05, 4.69) is 10.6 Å². The van der Waals surface area contributed by atoms with Crippen LogP contribution in [-0.4, -0.2) is 23.9 Å². The molecular weight excluding hydrogens is 298 g/mol. The molecule has 0 aliphatic carbocycles. The van der Waals surface area contributed by atoms with E-state index in [0.717, 1.165) is 0 Å². The molecule has 2 rings (SSSR count). The Morgan fingerprint density at radius 1 is 1.33 bits per heavy atom. The topological polar surface area (TPSA) is 97.4 Å². The van der Waals surface area contributed by atoms with Gasteiger partial charge < -0.3 is 15.1 Å². The van der Waals surface area contributed by atoms with E-state index in [9.17, 15) is 14.9 Å². The van der Waals surface area contributed by atoms with Crippen LogP contribution in [0.15, 0.2) is 41.0 Å². The van der Waals surface area contributed by atoms with E-state index in [1.54, 1.807) is 18.2 Å². The van der Waals surface area contributed by atoms with Gasteiger partial charge in [0.25, 0.3) is 11.6 Å². The molecule has 0 aliphatic rings. The van der Waals surface area contributed by atoms with Crippen LogP contribution in [-0.2, 0) is 0 Å². The highest BCUT2D eigenvalue weighted by atomic mass is 35.5. The van der Waals surface area contributed by atoms with Gasteiger partial charge in [-0.2, -0.15) is 0 Å². The Morgan fingerprint density at radius 2 is 2.14 bits per heavy atom. The fraction of sp³-hybridized carbons (Fsp3) is 0.154. The average Bonchev–Trinajstić information content (AvgIpc) is 2.98. The smallest absolute Gasteiger partial charge is 0.293 e. The highest BCUT2D eigenvalue weighted by Crippen LogP contribution is 2.27. The minimum atomic E-state index is -0.518. The van der Waals surface area contributed by atoms with E-state index in [-0.39, 0.29) is 17.4 Å². The number of nitro groups is 1. The summed E-state index contributed by atoms with van der Waals surface area (Å²) in [6.45, 7) is 0.619. The first-order chi connectivity index (χ1) is 10.1. The first kappa shape index (κ1) is 14.9. The van der Waals surface area contributed by atoms with E-state index < -0.39 is 4.92 Å². The monoisotopic (exact) mass is 309 g/mol. The van der Waals surface area contributed by atoms with E-state index in [1.165, 1.54) is 18.4 Å². The van der Waals surface area contributed by atoms with Crippen molar-refractivity contribution in [3.8, 4) is 0 Å². The number of rotatable bonds is 6. The Kier molecular flexibility index (Phi) is 4.78. The zero-order valence-corrected chi connectivity index (χ0v) is 11.6. The first-order valence-electron chi connectivity index (χ1n) is 6.07. The molecule has 0 bridgehead atoms. The minimum absolute atomic E-state index is 0.111. The average molecular weight is 310 g/mol. The largest absolute Gasteiger partial charge is 0.459 e. The van der Waals surface area contributed by atoms with Gasteiger partial charge in [0.05, 0.1) is 11.2 Å². The molecule has 1 aromatic heterocycles. The van der Waals surface area contributed by atoms with E-state index in [1.807, 2.05) is 0 Å². The lowest BCUT2D eigenvalue weighted by Crippen LogP contribution is -2.28. The number of nitro benzene ring substituents is 1. The Morgan fingerprint density at radius 3 is 2.81 bits per heavy atom. The van der Waals surface area contributed by atoms with Crippen molar-refractivity contribution in [1.29, 1.82) is 0 Å². The SMILES string of the molecule is O=C(NCCNc1ccc(Cl)cc1[N+](=O)[O-])c1ccco1. The first-order valence-corrected chi connectivity index (χ1v) is 6.45. The molecule has 1 amide bonds. The molecule has 2 N–H and O–H groups in total. The van der Waals surface area contributed by atoms with Crippen LogP contribution >= 0.6 is 11.6 Å². The summed E-state index contributed by atoms with van der Waals surface area (Å²) < 4.78 is 4.94. The van der Waals surface area contributed by atoms with Crippen LogP contribution in [0.4, 0.5) is 11.4 Å². The summed E-state index contributed by atoms with van der Waals surface area (Å²) in [7, 11) is 0. The molecule has 0 unspecified atom stereocenters. The summed E-state index contributed by atoms with van der Waals surface area (Å²) in [5.74, 6) is -0.125. The fourth-order valence-corrected chi connectivity index (χ4v) is 1.84. The molecule has 0 radical (unpaired) electrons. The third kappa shape index (κ3) is 3.96. The standard InChI is InChI=1S/C13H12ClN3O4/c14-9-3-4-10(11(8-9)17(19)20)15-5-6-16-13(18)12-2-1-7-21-12/h1-4,7-8,15H,5-6H2,(H,16,18). The zero-order chi connectivity index (χ0) is 15.2. The van der Waals surface area contributed by atoms with Gasteiger partial charge in [-0.15, -0.1) is 0 Å². The van der Waals surface area contributed by atoms with Gasteiger partial charge in [0.15, 0.2) is 5.76 Å². The van der Waals surface area contributed by atoms with Gasteiger partial charge in [0, 0.05) is 24.2 Å². The number of amides is 1. The Hall–Kier alpha value is -2.54. The summed E-state index contributed by atoms with van der Waals surface area (Å²) >= 11 is 5.72. The third-order valence-electron chi connectivity index (χ3n) is 2.63. The van der Waals surface area contributed by atoms with Gasteiger partial charge in [-0.3, -0.25) is 14.9 Å². The van der Waals surface area contributed by atoms with Crippen LogP contribution in [0.3, 0.4) is 0 Å². The van der Waals surface area contributed by atoms with Crippen molar-refractivity contribution in [3.63, 3.8) is 0 Å². The normalized spacial score (nSPS) is 10.1. The minimum Gasteiger partial charge on any atom is -0.459 e. The number of hydrogen-bond acceptors (Lipinski definition) is 5. The van der Waals surface area contributed by atoms with Gasteiger partial charge in [0.1, 0.15) is 5.69 Å². The van der Waals surface area contributed by atoms with E-state index >= 15 is 0 Å². The van der Waals surface area contributed by atoms with Crippen molar-refractivity contribution in [2.45, 2.75) is 0 Å². The van der Waals surface area contributed by atoms with Gasteiger partial charge in [-0.1, -0.05) is 11.6 Å². The van der Waals surface area contributed by atoms with Crippen LogP contribution in [0.1, 0.15) is 10.6 Å². The van der Waals surface area contributed by atoms with Crippen LogP contribution in [0.2, 0.25) is 5.02 Å². The van der Waals surface area contributed by atoms with Crippen LogP contribution in [0.25, 0.3) is 0 Å². The molecule has 1 aromatic carbocycles. The van der Waals surface area contributed by atoms with E-state index in [4.69, 9.17) is 16.0 Å². The summed E-state index contributed by atoms with van der Waals surface area (Å²) in [5, 5.41) is 16.7. The molecule has 7 nitrogen and oxygen atoms in total. The number of nitrogens with one attached hydrogen (secondary N) is 2. The molecule has 2 aromatic rings. The third-order valence-corrected chi connectivity index (χ3v) is 2.86. The molecule has 0 aliphatic heterocycles. The molecule has 0 spiro atoms. The Bertz CT molecular complexity index is 643. The highest BCUT2D eigenvalue weighted by molar-refractivity contribution is 6.30. The molecular formula is C13H12ClN3O4. The lowest BCUT2D eigenvalue weighted by atomic mass is 10.2. The zero-order valence-electron chi connectivity index (χ0n) is 10.8. The lowest BCUT2D eigenvalue weighted by molar-refractivity contribution is -0.383. The molecule has 110 valence electrons. The molecule has 0 fully saturated rings. The van der Waals surface area contributed by atoms with Gasteiger partial charge in [-0.25, -0.2) is 0 Å². The molecule has 8 heteroatoms.